The summed E-state index contributed by atoms with van der Waals surface area (Å²) in [5, 5.41) is 11.5. The van der Waals surface area contributed by atoms with E-state index in [0.29, 0.717) is 0 Å². The van der Waals surface area contributed by atoms with E-state index in [2.05, 4.69) is 15.5 Å². The van der Waals surface area contributed by atoms with Crippen LogP contribution >= 0.6 is 11.8 Å². The quantitative estimate of drug-likeness (QED) is 0.675. The maximum absolute atomic E-state index is 12.1. The van der Waals surface area contributed by atoms with Gasteiger partial charge in [-0.15, -0.1) is 10.2 Å². The predicted molar refractivity (Wildman–Crippen MR) is 102 cm³/mol. The monoisotopic (exact) mass is 366 g/mol. The Morgan fingerprint density at radius 2 is 1.96 bits per heavy atom. The molecule has 0 fully saturated rings. The summed E-state index contributed by atoms with van der Waals surface area (Å²) in [6, 6.07) is 15.1. The number of amides is 1. The Labute approximate surface area is 155 Å². The lowest BCUT2D eigenvalue weighted by Crippen LogP contribution is -2.07. The lowest BCUT2D eigenvalue weighted by Gasteiger charge is -2.05. The maximum atomic E-state index is 12.1. The maximum Gasteiger partial charge on any atom is 0.248 e. The van der Waals surface area contributed by atoms with Crippen LogP contribution in [0.4, 0.5) is 5.69 Å². The summed E-state index contributed by atoms with van der Waals surface area (Å²) in [6.45, 7) is 0. The van der Waals surface area contributed by atoms with Gasteiger partial charge in [0, 0.05) is 29.3 Å². The van der Waals surface area contributed by atoms with Crippen LogP contribution in [0.25, 0.3) is 6.08 Å². The van der Waals surface area contributed by atoms with E-state index in [4.69, 9.17) is 4.74 Å². The largest absolute Gasteiger partial charge is 0.496 e. The van der Waals surface area contributed by atoms with Gasteiger partial charge in [0.2, 0.25) is 5.91 Å². The lowest BCUT2D eigenvalue weighted by atomic mass is 10.2. The number of methoxy groups -OCH3 is 1. The van der Waals surface area contributed by atoms with E-state index in [-0.39, 0.29) is 5.91 Å². The molecule has 0 aliphatic heterocycles. The number of carbonyl (C=O) groups is 1. The molecule has 0 aliphatic rings. The first kappa shape index (κ1) is 17.8. The number of aryl methyl sites for hydroxylation is 1. The number of benzene rings is 2. The normalized spacial score (nSPS) is 10.8. The predicted octanol–water partition coefficient (Wildman–Crippen LogP) is 3.63. The van der Waals surface area contributed by atoms with E-state index < -0.39 is 0 Å². The van der Waals surface area contributed by atoms with Crippen molar-refractivity contribution < 1.29 is 9.53 Å². The average molecular weight is 366 g/mol. The first-order chi connectivity index (χ1) is 12.7. The number of rotatable bonds is 6. The summed E-state index contributed by atoms with van der Waals surface area (Å²) >= 11 is 1.51. The van der Waals surface area contributed by atoms with E-state index in [1.807, 2.05) is 60.1 Å². The SMILES string of the molecule is COc1ccccc1/C=C/C(=O)Nc1ccc(Sc2nncn2C)cc1. The first-order valence-corrected chi connectivity index (χ1v) is 8.71. The molecular weight excluding hydrogens is 348 g/mol. The fourth-order valence-corrected chi connectivity index (χ4v) is 2.99. The number of nitrogens with zero attached hydrogens (tertiary/aromatic N) is 3. The molecule has 3 aromatic rings. The number of carbonyl (C=O) groups excluding carboxylic acids is 1. The fraction of sp³-hybridized carbons (Fsp3) is 0.105. The lowest BCUT2D eigenvalue weighted by molar-refractivity contribution is -0.111. The van der Waals surface area contributed by atoms with Gasteiger partial charge in [0.15, 0.2) is 5.16 Å². The number of anilines is 1. The topological polar surface area (TPSA) is 69.0 Å². The molecule has 0 saturated carbocycles. The molecule has 26 heavy (non-hydrogen) atoms. The van der Waals surface area contributed by atoms with Crippen molar-refractivity contribution >= 4 is 29.4 Å². The third kappa shape index (κ3) is 4.52. The molecule has 0 atom stereocenters. The zero-order valence-electron chi connectivity index (χ0n) is 14.4. The summed E-state index contributed by atoms with van der Waals surface area (Å²) in [5.74, 6) is 0.520. The Morgan fingerprint density at radius 3 is 2.65 bits per heavy atom. The van der Waals surface area contributed by atoms with Gasteiger partial charge in [-0.25, -0.2) is 0 Å². The minimum Gasteiger partial charge on any atom is -0.496 e. The molecule has 132 valence electrons. The molecular formula is C19H18N4O2S. The minimum absolute atomic E-state index is 0.204. The average Bonchev–Trinajstić information content (AvgIpc) is 3.06. The van der Waals surface area contributed by atoms with Crippen molar-refractivity contribution in [2.24, 2.45) is 7.05 Å². The van der Waals surface area contributed by atoms with Crippen molar-refractivity contribution in [2.45, 2.75) is 10.1 Å². The van der Waals surface area contributed by atoms with Crippen LogP contribution in [0.15, 0.2) is 71.0 Å². The van der Waals surface area contributed by atoms with Crippen molar-refractivity contribution in [3.05, 3.63) is 66.5 Å². The first-order valence-electron chi connectivity index (χ1n) is 7.89. The molecule has 3 rings (SSSR count). The number of para-hydroxylation sites is 1. The summed E-state index contributed by atoms with van der Waals surface area (Å²) in [5.41, 5.74) is 1.57. The second-order valence-electron chi connectivity index (χ2n) is 5.42. The van der Waals surface area contributed by atoms with Crippen molar-refractivity contribution in [2.75, 3.05) is 12.4 Å². The van der Waals surface area contributed by atoms with Crippen molar-refractivity contribution in [3.8, 4) is 5.75 Å². The highest BCUT2D eigenvalue weighted by molar-refractivity contribution is 7.99. The molecule has 0 radical (unpaired) electrons. The van der Waals surface area contributed by atoms with E-state index in [1.54, 1.807) is 19.5 Å². The second kappa shape index (κ2) is 8.35. The van der Waals surface area contributed by atoms with Gasteiger partial charge >= 0.3 is 0 Å². The van der Waals surface area contributed by atoms with Crippen LogP contribution in [-0.4, -0.2) is 27.8 Å². The molecule has 1 heterocycles. The minimum atomic E-state index is -0.204. The van der Waals surface area contributed by atoms with Gasteiger partial charge in [0.25, 0.3) is 0 Å². The van der Waals surface area contributed by atoms with Gasteiger partial charge in [0.1, 0.15) is 12.1 Å². The molecule has 1 amide bonds. The summed E-state index contributed by atoms with van der Waals surface area (Å²) in [7, 11) is 3.50. The molecule has 0 unspecified atom stereocenters. The molecule has 0 saturated heterocycles. The highest BCUT2D eigenvalue weighted by Gasteiger charge is 2.04. The van der Waals surface area contributed by atoms with Crippen molar-refractivity contribution in [3.63, 3.8) is 0 Å². The zero-order chi connectivity index (χ0) is 18.4. The molecule has 1 N–H and O–H groups in total. The van der Waals surface area contributed by atoms with E-state index in [9.17, 15) is 4.79 Å². The van der Waals surface area contributed by atoms with Gasteiger partial charge in [-0.1, -0.05) is 18.2 Å². The Morgan fingerprint density at radius 1 is 1.19 bits per heavy atom. The standard InChI is InChI=1S/C19H18N4O2S/c1-23-13-20-22-19(23)26-16-10-8-15(9-11-16)21-18(24)12-7-14-5-3-4-6-17(14)25-2/h3-13H,1-2H3,(H,21,24)/b12-7+. The Hall–Kier alpha value is -3.06. The Bertz CT molecular complexity index is 919. The van der Waals surface area contributed by atoms with Crippen molar-refractivity contribution in [1.82, 2.24) is 14.8 Å². The second-order valence-corrected chi connectivity index (χ2v) is 6.46. The number of ether oxygens (including phenoxy) is 1. The Balaban J connectivity index is 1.61. The molecule has 0 spiro atoms. The van der Waals surface area contributed by atoms with Crippen LogP contribution in [0.5, 0.6) is 5.75 Å². The molecule has 0 aliphatic carbocycles. The van der Waals surface area contributed by atoms with E-state index in [0.717, 1.165) is 27.1 Å². The molecule has 2 aromatic carbocycles. The molecule has 7 heteroatoms. The van der Waals surface area contributed by atoms with Crippen LogP contribution < -0.4 is 10.1 Å². The van der Waals surface area contributed by atoms with Crippen LogP contribution in [0.1, 0.15) is 5.56 Å². The summed E-state index contributed by atoms with van der Waals surface area (Å²) in [4.78, 5) is 13.1. The van der Waals surface area contributed by atoms with Crippen LogP contribution in [0, 0.1) is 0 Å². The van der Waals surface area contributed by atoms with Crippen LogP contribution in [-0.2, 0) is 11.8 Å². The van der Waals surface area contributed by atoms with Gasteiger partial charge in [-0.3, -0.25) is 4.79 Å². The van der Waals surface area contributed by atoms with Gasteiger partial charge in [0.05, 0.1) is 7.11 Å². The van der Waals surface area contributed by atoms with E-state index in [1.165, 1.54) is 17.8 Å². The molecule has 6 nitrogen and oxygen atoms in total. The van der Waals surface area contributed by atoms with Gasteiger partial charge in [-0.2, -0.15) is 0 Å². The molecule has 0 bridgehead atoms. The molecule has 1 aromatic heterocycles. The smallest absolute Gasteiger partial charge is 0.248 e. The van der Waals surface area contributed by atoms with Crippen LogP contribution in [0.2, 0.25) is 0 Å². The van der Waals surface area contributed by atoms with Gasteiger partial charge in [-0.05, 0) is 48.2 Å². The summed E-state index contributed by atoms with van der Waals surface area (Å²) in [6.07, 6.45) is 4.87. The third-order valence-corrected chi connectivity index (χ3v) is 4.61. The number of hydrogen-bond donors (Lipinski definition) is 1. The van der Waals surface area contributed by atoms with Crippen molar-refractivity contribution in [1.29, 1.82) is 0 Å². The Kier molecular flexibility index (Phi) is 5.70. The highest BCUT2D eigenvalue weighted by Crippen LogP contribution is 2.26. The number of nitrogens with one attached hydrogen (secondary N) is 1. The zero-order valence-corrected chi connectivity index (χ0v) is 15.2. The third-order valence-electron chi connectivity index (χ3n) is 3.55. The number of aromatic nitrogens is 3. The van der Waals surface area contributed by atoms with E-state index >= 15 is 0 Å². The number of hydrogen-bond acceptors (Lipinski definition) is 5. The fourth-order valence-electron chi connectivity index (χ4n) is 2.23. The highest BCUT2D eigenvalue weighted by atomic mass is 32.2. The van der Waals surface area contributed by atoms with Crippen LogP contribution in [0.3, 0.4) is 0 Å². The summed E-state index contributed by atoms with van der Waals surface area (Å²) < 4.78 is 7.11. The van der Waals surface area contributed by atoms with Gasteiger partial charge < -0.3 is 14.6 Å².